The van der Waals surface area contributed by atoms with E-state index in [9.17, 15) is 4.79 Å². The molecule has 1 aliphatic heterocycles. The van der Waals surface area contributed by atoms with Gasteiger partial charge in [-0.2, -0.15) is 0 Å². The van der Waals surface area contributed by atoms with Crippen molar-refractivity contribution in [3.63, 3.8) is 0 Å². The van der Waals surface area contributed by atoms with Crippen molar-refractivity contribution in [2.75, 3.05) is 40.0 Å². The first-order chi connectivity index (χ1) is 9.70. The first-order valence-electron chi connectivity index (χ1n) is 6.81. The normalized spacial score (nSPS) is 19.6. The summed E-state index contributed by atoms with van der Waals surface area (Å²) in [4.78, 5) is 13.6. The molecule has 0 saturated carbocycles. The Kier molecular flexibility index (Phi) is 5.38. The standard InChI is InChI=1S/C15H21NO4/c1-12-5-3-4-6-13(12)19-9-7-16-8-10-20-14(11-16)15(17)18-2/h3-6,14H,7-11H2,1-2H3. The van der Waals surface area contributed by atoms with Gasteiger partial charge in [0.25, 0.3) is 0 Å². The number of carbonyl (C=O) groups excluding carboxylic acids is 1. The van der Waals surface area contributed by atoms with Crippen molar-refractivity contribution >= 4 is 5.97 Å². The predicted octanol–water partition coefficient (Wildman–Crippen LogP) is 1.25. The van der Waals surface area contributed by atoms with Crippen LogP contribution in [0.2, 0.25) is 0 Å². The van der Waals surface area contributed by atoms with E-state index < -0.39 is 6.10 Å². The predicted molar refractivity (Wildman–Crippen MR) is 74.9 cm³/mol. The van der Waals surface area contributed by atoms with Crippen molar-refractivity contribution in [2.24, 2.45) is 0 Å². The molecule has 0 radical (unpaired) electrons. The average molecular weight is 279 g/mol. The van der Waals surface area contributed by atoms with Crippen LogP contribution in [0, 0.1) is 6.92 Å². The second-order valence-corrected chi connectivity index (χ2v) is 4.80. The number of esters is 1. The first kappa shape index (κ1) is 14.8. The number of nitrogens with zero attached hydrogens (tertiary/aromatic N) is 1. The molecule has 110 valence electrons. The molecule has 1 aliphatic rings. The SMILES string of the molecule is COC(=O)C1CN(CCOc2ccccc2C)CCO1. The Hall–Kier alpha value is -1.59. The van der Waals surface area contributed by atoms with Crippen LogP contribution in [0.1, 0.15) is 5.56 Å². The van der Waals surface area contributed by atoms with Gasteiger partial charge in [0, 0.05) is 19.6 Å². The van der Waals surface area contributed by atoms with Crippen molar-refractivity contribution in [2.45, 2.75) is 13.0 Å². The fraction of sp³-hybridized carbons (Fsp3) is 0.533. The van der Waals surface area contributed by atoms with E-state index in [0.717, 1.165) is 24.4 Å². The number of hydrogen-bond acceptors (Lipinski definition) is 5. The van der Waals surface area contributed by atoms with Gasteiger partial charge in [0.1, 0.15) is 12.4 Å². The summed E-state index contributed by atoms with van der Waals surface area (Å²) in [5.41, 5.74) is 1.13. The quantitative estimate of drug-likeness (QED) is 0.759. The van der Waals surface area contributed by atoms with Crippen LogP contribution >= 0.6 is 0 Å². The summed E-state index contributed by atoms with van der Waals surface area (Å²) < 4.78 is 15.9. The number of rotatable bonds is 5. The van der Waals surface area contributed by atoms with Crippen molar-refractivity contribution < 1.29 is 19.0 Å². The number of carbonyl (C=O) groups is 1. The summed E-state index contributed by atoms with van der Waals surface area (Å²) in [6.07, 6.45) is -0.479. The highest BCUT2D eigenvalue weighted by atomic mass is 16.6. The van der Waals surface area contributed by atoms with Crippen LogP contribution in [0.15, 0.2) is 24.3 Å². The van der Waals surface area contributed by atoms with E-state index in [2.05, 4.69) is 4.90 Å². The summed E-state index contributed by atoms with van der Waals surface area (Å²) in [5, 5.41) is 0. The average Bonchev–Trinajstić information content (AvgIpc) is 2.49. The van der Waals surface area contributed by atoms with Gasteiger partial charge in [0.15, 0.2) is 6.10 Å². The second-order valence-electron chi connectivity index (χ2n) is 4.80. The van der Waals surface area contributed by atoms with E-state index in [1.54, 1.807) is 0 Å². The van der Waals surface area contributed by atoms with Gasteiger partial charge in [0.2, 0.25) is 0 Å². The van der Waals surface area contributed by atoms with Crippen LogP contribution in [0.3, 0.4) is 0 Å². The molecule has 1 atom stereocenters. The summed E-state index contributed by atoms with van der Waals surface area (Å²) in [6, 6.07) is 7.94. The number of hydrogen-bond donors (Lipinski definition) is 0. The van der Waals surface area contributed by atoms with Crippen molar-refractivity contribution in [3.05, 3.63) is 29.8 Å². The molecular weight excluding hydrogens is 258 g/mol. The summed E-state index contributed by atoms with van der Waals surface area (Å²) >= 11 is 0. The van der Waals surface area contributed by atoms with E-state index in [0.29, 0.717) is 19.8 Å². The van der Waals surface area contributed by atoms with Crippen LogP contribution in [0.4, 0.5) is 0 Å². The zero-order valence-corrected chi connectivity index (χ0v) is 12.0. The van der Waals surface area contributed by atoms with Gasteiger partial charge in [-0.1, -0.05) is 18.2 Å². The molecule has 0 aromatic heterocycles. The summed E-state index contributed by atoms with van der Waals surface area (Å²) in [6.45, 7) is 5.31. The molecule has 1 aromatic rings. The second kappa shape index (κ2) is 7.26. The molecule has 0 aliphatic carbocycles. The Labute approximate surface area is 119 Å². The van der Waals surface area contributed by atoms with Crippen LogP contribution in [-0.4, -0.2) is 56.9 Å². The molecule has 0 spiro atoms. The highest BCUT2D eigenvalue weighted by Crippen LogP contribution is 2.16. The van der Waals surface area contributed by atoms with Gasteiger partial charge in [-0.25, -0.2) is 4.79 Å². The molecular formula is C15H21NO4. The van der Waals surface area contributed by atoms with E-state index >= 15 is 0 Å². The highest BCUT2D eigenvalue weighted by Gasteiger charge is 2.27. The van der Waals surface area contributed by atoms with Crippen LogP contribution < -0.4 is 4.74 Å². The lowest BCUT2D eigenvalue weighted by atomic mass is 10.2. The largest absolute Gasteiger partial charge is 0.492 e. The molecule has 1 unspecified atom stereocenters. The Morgan fingerprint density at radius 2 is 2.25 bits per heavy atom. The maximum absolute atomic E-state index is 11.4. The molecule has 5 heteroatoms. The molecule has 1 fully saturated rings. The van der Waals surface area contributed by atoms with Gasteiger partial charge in [-0.3, -0.25) is 4.90 Å². The molecule has 1 aromatic carbocycles. The van der Waals surface area contributed by atoms with E-state index in [4.69, 9.17) is 14.2 Å². The fourth-order valence-corrected chi connectivity index (χ4v) is 2.18. The third kappa shape index (κ3) is 3.95. The van der Waals surface area contributed by atoms with Crippen LogP contribution in [-0.2, 0) is 14.3 Å². The minimum absolute atomic E-state index is 0.311. The lowest BCUT2D eigenvalue weighted by Crippen LogP contribution is -2.47. The van der Waals surface area contributed by atoms with Crippen molar-refractivity contribution in [1.29, 1.82) is 0 Å². The summed E-state index contributed by atoms with van der Waals surface area (Å²) in [7, 11) is 1.38. The van der Waals surface area contributed by atoms with E-state index in [1.807, 2.05) is 31.2 Å². The Morgan fingerprint density at radius 3 is 3.00 bits per heavy atom. The minimum Gasteiger partial charge on any atom is -0.492 e. The zero-order valence-electron chi connectivity index (χ0n) is 12.0. The number of aryl methyl sites for hydroxylation is 1. The molecule has 2 rings (SSSR count). The van der Waals surface area contributed by atoms with Crippen LogP contribution in [0.5, 0.6) is 5.75 Å². The van der Waals surface area contributed by atoms with Gasteiger partial charge >= 0.3 is 5.97 Å². The number of para-hydroxylation sites is 1. The molecule has 5 nitrogen and oxygen atoms in total. The topological polar surface area (TPSA) is 48.0 Å². The Balaban J connectivity index is 1.77. The lowest BCUT2D eigenvalue weighted by Gasteiger charge is -2.31. The lowest BCUT2D eigenvalue weighted by molar-refractivity contribution is -0.159. The molecule has 20 heavy (non-hydrogen) atoms. The van der Waals surface area contributed by atoms with Crippen molar-refractivity contribution in [1.82, 2.24) is 4.90 Å². The zero-order chi connectivity index (χ0) is 14.4. The maximum atomic E-state index is 11.4. The van der Waals surface area contributed by atoms with Crippen LogP contribution in [0.25, 0.3) is 0 Å². The van der Waals surface area contributed by atoms with Crippen molar-refractivity contribution in [3.8, 4) is 5.75 Å². The molecule has 1 heterocycles. The number of morpholine rings is 1. The number of ether oxygens (including phenoxy) is 3. The smallest absolute Gasteiger partial charge is 0.336 e. The maximum Gasteiger partial charge on any atom is 0.336 e. The number of methoxy groups -OCH3 is 1. The molecule has 0 amide bonds. The Bertz CT molecular complexity index is 449. The highest BCUT2D eigenvalue weighted by molar-refractivity contribution is 5.74. The third-order valence-corrected chi connectivity index (χ3v) is 3.37. The molecule has 0 bridgehead atoms. The molecule has 1 saturated heterocycles. The van der Waals surface area contributed by atoms with E-state index in [-0.39, 0.29) is 5.97 Å². The first-order valence-corrected chi connectivity index (χ1v) is 6.81. The minimum atomic E-state index is -0.479. The third-order valence-electron chi connectivity index (χ3n) is 3.37. The van der Waals surface area contributed by atoms with E-state index in [1.165, 1.54) is 7.11 Å². The van der Waals surface area contributed by atoms with Gasteiger partial charge in [0.05, 0.1) is 13.7 Å². The Morgan fingerprint density at radius 1 is 1.45 bits per heavy atom. The van der Waals surface area contributed by atoms with Gasteiger partial charge in [-0.05, 0) is 18.6 Å². The molecule has 0 N–H and O–H groups in total. The fourth-order valence-electron chi connectivity index (χ4n) is 2.18. The van der Waals surface area contributed by atoms with Gasteiger partial charge < -0.3 is 14.2 Å². The monoisotopic (exact) mass is 279 g/mol. The van der Waals surface area contributed by atoms with Gasteiger partial charge in [-0.15, -0.1) is 0 Å². The summed E-state index contributed by atoms with van der Waals surface area (Å²) in [5.74, 6) is 0.597. The number of benzene rings is 1.